The minimum atomic E-state index is -0.0570. The highest BCUT2D eigenvalue weighted by molar-refractivity contribution is 5.63. The monoisotopic (exact) mass is 274 g/mol. The molecule has 0 saturated carbocycles. The average Bonchev–Trinajstić information content (AvgIpc) is 2.82. The van der Waals surface area contributed by atoms with Crippen LogP contribution in [0.1, 0.15) is 39.2 Å². The van der Waals surface area contributed by atoms with E-state index < -0.39 is 0 Å². The molecule has 0 bridgehead atoms. The normalized spacial score (nSPS) is 26.4. The molecule has 0 spiro atoms. The number of nitrogens with one attached hydrogen (secondary N) is 1. The number of ether oxygens (including phenoxy) is 1. The molecule has 20 heavy (non-hydrogen) atoms. The quantitative estimate of drug-likeness (QED) is 0.915. The number of likely N-dealkylation sites (tertiary alicyclic amines) is 1. The van der Waals surface area contributed by atoms with E-state index in [-0.39, 0.29) is 5.60 Å². The van der Waals surface area contributed by atoms with E-state index in [0.717, 1.165) is 38.2 Å². The smallest absolute Gasteiger partial charge is 0.143 e. The van der Waals surface area contributed by atoms with Crippen molar-refractivity contribution >= 4 is 5.69 Å². The molecule has 3 heteroatoms. The van der Waals surface area contributed by atoms with Crippen LogP contribution in [0.5, 0.6) is 5.75 Å². The predicted molar refractivity (Wildman–Crippen MR) is 83.6 cm³/mol. The molecule has 2 aliphatic rings. The molecule has 1 saturated heterocycles. The van der Waals surface area contributed by atoms with E-state index in [9.17, 15) is 0 Å². The van der Waals surface area contributed by atoms with Gasteiger partial charge >= 0.3 is 0 Å². The summed E-state index contributed by atoms with van der Waals surface area (Å²) in [5, 5.41) is 3.52. The third kappa shape index (κ3) is 2.64. The van der Waals surface area contributed by atoms with Gasteiger partial charge in [-0.05, 0) is 45.2 Å². The molecule has 1 N–H and O–H groups in total. The van der Waals surface area contributed by atoms with Crippen LogP contribution in [0.15, 0.2) is 18.2 Å². The van der Waals surface area contributed by atoms with E-state index in [2.05, 4.69) is 49.2 Å². The Balaban J connectivity index is 1.78. The third-order valence-electron chi connectivity index (χ3n) is 4.59. The Bertz CT molecular complexity index is 486. The van der Waals surface area contributed by atoms with E-state index in [0.29, 0.717) is 6.04 Å². The van der Waals surface area contributed by atoms with Gasteiger partial charge in [-0.25, -0.2) is 0 Å². The molecular formula is C17H26N2O. The van der Waals surface area contributed by atoms with Gasteiger partial charge < -0.3 is 10.1 Å². The molecule has 1 aromatic rings. The second-order valence-electron chi connectivity index (χ2n) is 6.69. The van der Waals surface area contributed by atoms with Gasteiger partial charge in [0.15, 0.2) is 0 Å². The summed E-state index contributed by atoms with van der Waals surface area (Å²) < 4.78 is 6.44. The summed E-state index contributed by atoms with van der Waals surface area (Å²) in [6.45, 7) is 9.99. The fraction of sp³-hybridized carbons (Fsp3) is 0.647. The predicted octanol–water partition coefficient (Wildman–Crippen LogP) is 3.30. The molecule has 0 aliphatic carbocycles. The molecule has 0 aromatic heterocycles. The number of hydrogen-bond donors (Lipinski definition) is 1. The van der Waals surface area contributed by atoms with E-state index in [1.165, 1.54) is 17.7 Å². The highest BCUT2D eigenvalue weighted by atomic mass is 16.5. The number of anilines is 1. The van der Waals surface area contributed by atoms with Crippen molar-refractivity contribution in [3.05, 3.63) is 23.8 Å². The van der Waals surface area contributed by atoms with E-state index >= 15 is 0 Å². The van der Waals surface area contributed by atoms with Gasteiger partial charge in [0, 0.05) is 32.1 Å². The number of aryl methyl sites for hydroxylation is 1. The van der Waals surface area contributed by atoms with Crippen LogP contribution in [-0.2, 0) is 6.42 Å². The van der Waals surface area contributed by atoms with Crippen molar-refractivity contribution in [1.29, 1.82) is 0 Å². The molecule has 1 fully saturated rings. The van der Waals surface area contributed by atoms with Crippen LogP contribution < -0.4 is 10.1 Å². The Kier molecular flexibility index (Phi) is 3.63. The van der Waals surface area contributed by atoms with Crippen molar-refractivity contribution in [2.75, 3.05) is 25.0 Å². The first kappa shape index (κ1) is 13.7. The fourth-order valence-electron chi connectivity index (χ4n) is 3.32. The van der Waals surface area contributed by atoms with Crippen molar-refractivity contribution in [3.8, 4) is 5.75 Å². The lowest BCUT2D eigenvalue weighted by Crippen LogP contribution is -2.38. The van der Waals surface area contributed by atoms with E-state index in [1.54, 1.807) is 0 Å². The largest absolute Gasteiger partial charge is 0.484 e. The van der Waals surface area contributed by atoms with Crippen molar-refractivity contribution in [2.45, 2.75) is 51.7 Å². The fourth-order valence-corrected chi connectivity index (χ4v) is 3.32. The zero-order valence-corrected chi connectivity index (χ0v) is 12.9. The lowest BCUT2D eigenvalue weighted by Gasteiger charge is -2.30. The van der Waals surface area contributed by atoms with Crippen molar-refractivity contribution in [1.82, 2.24) is 4.90 Å². The van der Waals surface area contributed by atoms with E-state index in [1.807, 2.05) is 0 Å². The standard InChI is InChI=1S/C17H26N2O/c1-13(2)19-11-9-17(3,12-19)20-15-8-4-6-14-7-5-10-18-16(14)15/h4,6,8,13,18H,5,7,9-12H2,1-3H3. The molecule has 3 rings (SSSR count). The molecule has 0 amide bonds. The molecule has 2 heterocycles. The molecule has 3 nitrogen and oxygen atoms in total. The highest BCUT2D eigenvalue weighted by Crippen LogP contribution is 2.36. The zero-order chi connectivity index (χ0) is 14.2. The summed E-state index contributed by atoms with van der Waals surface area (Å²) in [7, 11) is 0. The number of fused-ring (bicyclic) bond motifs is 1. The van der Waals surface area contributed by atoms with Crippen LogP contribution in [0.4, 0.5) is 5.69 Å². The van der Waals surface area contributed by atoms with Gasteiger partial charge in [-0.3, -0.25) is 4.90 Å². The molecular weight excluding hydrogens is 248 g/mol. The van der Waals surface area contributed by atoms with Gasteiger partial charge in [0.25, 0.3) is 0 Å². The van der Waals surface area contributed by atoms with Gasteiger partial charge in [0.1, 0.15) is 11.4 Å². The average molecular weight is 274 g/mol. The van der Waals surface area contributed by atoms with Crippen LogP contribution in [0.2, 0.25) is 0 Å². The Hall–Kier alpha value is -1.22. The van der Waals surface area contributed by atoms with Crippen LogP contribution >= 0.6 is 0 Å². The number of benzene rings is 1. The second-order valence-corrected chi connectivity index (χ2v) is 6.69. The van der Waals surface area contributed by atoms with Gasteiger partial charge in [0.05, 0.1) is 5.69 Å². The summed E-state index contributed by atoms with van der Waals surface area (Å²) in [6.07, 6.45) is 3.48. The molecule has 1 unspecified atom stereocenters. The maximum atomic E-state index is 6.44. The Morgan fingerprint density at radius 1 is 1.35 bits per heavy atom. The zero-order valence-electron chi connectivity index (χ0n) is 12.9. The minimum absolute atomic E-state index is 0.0570. The third-order valence-corrected chi connectivity index (χ3v) is 4.59. The van der Waals surface area contributed by atoms with Crippen LogP contribution in [0, 0.1) is 0 Å². The molecule has 1 aromatic carbocycles. The van der Waals surface area contributed by atoms with Crippen LogP contribution in [0.3, 0.4) is 0 Å². The minimum Gasteiger partial charge on any atom is -0.484 e. The van der Waals surface area contributed by atoms with Crippen molar-refractivity contribution in [3.63, 3.8) is 0 Å². The van der Waals surface area contributed by atoms with Gasteiger partial charge in [-0.1, -0.05) is 12.1 Å². The van der Waals surface area contributed by atoms with Crippen molar-refractivity contribution < 1.29 is 4.74 Å². The highest BCUT2D eigenvalue weighted by Gasteiger charge is 2.37. The summed E-state index contributed by atoms with van der Waals surface area (Å²) >= 11 is 0. The van der Waals surface area contributed by atoms with Gasteiger partial charge in [0.2, 0.25) is 0 Å². The maximum absolute atomic E-state index is 6.44. The Morgan fingerprint density at radius 2 is 2.20 bits per heavy atom. The maximum Gasteiger partial charge on any atom is 0.143 e. The Labute approximate surface area is 122 Å². The van der Waals surface area contributed by atoms with Gasteiger partial charge in [-0.2, -0.15) is 0 Å². The molecule has 2 aliphatic heterocycles. The Morgan fingerprint density at radius 3 is 2.95 bits per heavy atom. The second kappa shape index (κ2) is 5.28. The lowest BCUT2D eigenvalue weighted by atomic mass is 10.0. The molecule has 1 atom stereocenters. The van der Waals surface area contributed by atoms with Gasteiger partial charge in [-0.15, -0.1) is 0 Å². The van der Waals surface area contributed by atoms with E-state index in [4.69, 9.17) is 4.74 Å². The lowest BCUT2D eigenvalue weighted by molar-refractivity contribution is 0.0916. The first-order valence-corrected chi connectivity index (χ1v) is 7.86. The summed E-state index contributed by atoms with van der Waals surface area (Å²) in [5.74, 6) is 1.04. The van der Waals surface area contributed by atoms with Crippen LogP contribution in [0.25, 0.3) is 0 Å². The molecule has 110 valence electrons. The number of rotatable bonds is 3. The first-order chi connectivity index (χ1) is 9.57. The summed E-state index contributed by atoms with van der Waals surface area (Å²) in [5.41, 5.74) is 2.57. The summed E-state index contributed by atoms with van der Waals surface area (Å²) in [4.78, 5) is 2.50. The first-order valence-electron chi connectivity index (χ1n) is 7.86. The van der Waals surface area contributed by atoms with Crippen LogP contribution in [-0.4, -0.2) is 36.2 Å². The number of hydrogen-bond acceptors (Lipinski definition) is 3. The SMILES string of the molecule is CC(C)N1CCC(C)(Oc2cccc3c2NCCC3)C1. The number of nitrogens with zero attached hydrogens (tertiary/aromatic N) is 1. The molecule has 0 radical (unpaired) electrons. The summed E-state index contributed by atoms with van der Waals surface area (Å²) in [6, 6.07) is 7.05. The topological polar surface area (TPSA) is 24.5 Å². The number of para-hydroxylation sites is 1. The van der Waals surface area contributed by atoms with Crippen molar-refractivity contribution in [2.24, 2.45) is 0 Å².